The number of ether oxygens (including phenoxy) is 1. The first kappa shape index (κ1) is 22.0. The molecule has 3 N–H and O–H groups in total. The van der Waals surface area contributed by atoms with Gasteiger partial charge < -0.3 is 9.72 Å². The van der Waals surface area contributed by atoms with Gasteiger partial charge in [-0.1, -0.05) is 48.5 Å². The predicted molar refractivity (Wildman–Crippen MR) is 133 cm³/mol. The largest absolute Gasteiger partial charge is 0.497 e. The highest BCUT2D eigenvalue weighted by atomic mass is 16.5. The summed E-state index contributed by atoms with van der Waals surface area (Å²) in [7, 11) is 1.58. The van der Waals surface area contributed by atoms with Crippen LogP contribution < -0.4 is 15.6 Å². The Morgan fingerprint density at radius 3 is 2.60 bits per heavy atom. The lowest BCUT2D eigenvalue weighted by molar-refractivity contribution is -0.121. The molecule has 0 aliphatic rings. The van der Waals surface area contributed by atoms with E-state index in [-0.39, 0.29) is 12.3 Å². The maximum Gasteiger partial charge on any atom is 0.273 e. The van der Waals surface area contributed by atoms with Gasteiger partial charge in [0.1, 0.15) is 11.4 Å². The van der Waals surface area contributed by atoms with Gasteiger partial charge in [0.05, 0.1) is 24.8 Å². The number of methoxy groups -OCH3 is 1. The van der Waals surface area contributed by atoms with E-state index in [1.807, 2.05) is 78.9 Å². The predicted octanol–water partition coefficient (Wildman–Crippen LogP) is 4.03. The van der Waals surface area contributed by atoms with Crippen molar-refractivity contribution in [3.8, 4) is 22.7 Å². The molecule has 0 fully saturated rings. The molecule has 5 rings (SSSR count). The van der Waals surface area contributed by atoms with E-state index in [4.69, 9.17) is 4.74 Å². The third-order valence-electron chi connectivity index (χ3n) is 5.66. The van der Waals surface area contributed by atoms with Crippen molar-refractivity contribution in [1.82, 2.24) is 25.6 Å². The van der Waals surface area contributed by atoms with E-state index < -0.39 is 5.91 Å². The van der Waals surface area contributed by atoms with E-state index in [2.05, 4.69) is 20.9 Å². The van der Waals surface area contributed by atoms with E-state index in [0.717, 1.165) is 22.2 Å². The molecule has 2 aromatic heterocycles. The maximum absolute atomic E-state index is 13.1. The quantitative estimate of drug-likeness (QED) is 0.330. The van der Waals surface area contributed by atoms with E-state index >= 15 is 0 Å². The minimum atomic E-state index is -0.475. The number of nitrogens with zero attached hydrogens (tertiary/aromatic N) is 2. The first-order valence-electron chi connectivity index (χ1n) is 11.1. The molecule has 8 nitrogen and oxygen atoms in total. The molecular weight excluding hydrogens is 442 g/mol. The summed E-state index contributed by atoms with van der Waals surface area (Å²) in [5.74, 6) is -0.158. The minimum absolute atomic E-state index is 0.121. The van der Waals surface area contributed by atoms with Crippen LogP contribution in [0.4, 0.5) is 0 Å². The lowest BCUT2D eigenvalue weighted by Crippen LogP contribution is -2.42. The van der Waals surface area contributed by atoms with E-state index in [9.17, 15) is 9.59 Å². The Morgan fingerprint density at radius 1 is 0.971 bits per heavy atom. The summed E-state index contributed by atoms with van der Waals surface area (Å²) in [5, 5.41) is 5.62. The van der Waals surface area contributed by atoms with Crippen LogP contribution in [0.1, 0.15) is 15.9 Å². The monoisotopic (exact) mass is 465 g/mol. The Morgan fingerprint density at radius 2 is 1.77 bits per heavy atom. The van der Waals surface area contributed by atoms with Crippen LogP contribution in [0.5, 0.6) is 5.75 Å². The first-order chi connectivity index (χ1) is 17.1. The van der Waals surface area contributed by atoms with Gasteiger partial charge in [-0.05, 0) is 35.9 Å². The number of carbonyl (C=O) groups excluding carboxylic acids is 2. The zero-order valence-corrected chi connectivity index (χ0v) is 19.0. The minimum Gasteiger partial charge on any atom is -0.497 e. The summed E-state index contributed by atoms with van der Waals surface area (Å²) in [6.07, 6.45) is 3.57. The number of aromatic nitrogens is 3. The summed E-state index contributed by atoms with van der Waals surface area (Å²) in [6, 6.07) is 24.6. The highest BCUT2D eigenvalue weighted by molar-refractivity contribution is 6.01. The average molecular weight is 466 g/mol. The van der Waals surface area contributed by atoms with Crippen LogP contribution in [0, 0.1) is 0 Å². The highest BCUT2D eigenvalue weighted by Gasteiger charge is 2.20. The number of para-hydroxylation sites is 2. The molecule has 0 atom stereocenters. The Bertz CT molecular complexity index is 1500. The van der Waals surface area contributed by atoms with Crippen molar-refractivity contribution in [1.29, 1.82) is 0 Å². The van der Waals surface area contributed by atoms with Crippen LogP contribution in [-0.2, 0) is 11.2 Å². The molecule has 35 heavy (non-hydrogen) atoms. The summed E-state index contributed by atoms with van der Waals surface area (Å²) < 4.78 is 6.97. The van der Waals surface area contributed by atoms with Crippen molar-refractivity contribution in [2.24, 2.45) is 0 Å². The van der Waals surface area contributed by atoms with Crippen molar-refractivity contribution >= 4 is 22.7 Å². The molecular formula is C27H23N5O3. The topological polar surface area (TPSA) is 101 Å². The molecule has 0 saturated carbocycles. The Labute approximate surface area is 201 Å². The maximum atomic E-state index is 13.1. The molecule has 0 radical (unpaired) electrons. The fourth-order valence-electron chi connectivity index (χ4n) is 3.93. The number of hydrogen-bond acceptors (Lipinski definition) is 4. The zero-order chi connectivity index (χ0) is 24.2. The highest BCUT2D eigenvalue weighted by Crippen LogP contribution is 2.27. The van der Waals surface area contributed by atoms with Gasteiger partial charge in [0.15, 0.2) is 0 Å². The number of fused-ring (bicyclic) bond motifs is 1. The van der Waals surface area contributed by atoms with Gasteiger partial charge in [-0.15, -0.1) is 0 Å². The van der Waals surface area contributed by atoms with Crippen molar-refractivity contribution in [3.63, 3.8) is 0 Å². The normalized spacial score (nSPS) is 10.8. The van der Waals surface area contributed by atoms with Crippen molar-refractivity contribution in [3.05, 3.63) is 102 Å². The number of benzene rings is 3. The van der Waals surface area contributed by atoms with Gasteiger partial charge in [0, 0.05) is 28.9 Å². The number of nitrogens with one attached hydrogen (secondary N) is 3. The van der Waals surface area contributed by atoms with Gasteiger partial charge >= 0.3 is 0 Å². The first-order valence-corrected chi connectivity index (χ1v) is 11.1. The number of hydrogen-bond donors (Lipinski definition) is 3. The number of rotatable bonds is 6. The summed E-state index contributed by atoms with van der Waals surface area (Å²) >= 11 is 0. The van der Waals surface area contributed by atoms with Crippen LogP contribution in [0.25, 0.3) is 27.8 Å². The summed E-state index contributed by atoms with van der Waals surface area (Å²) in [6.45, 7) is 0. The van der Waals surface area contributed by atoms with Gasteiger partial charge in [0.25, 0.3) is 5.91 Å². The van der Waals surface area contributed by atoms with Crippen molar-refractivity contribution in [2.45, 2.75) is 6.42 Å². The number of aromatic amines is 1. The van der Waals surface area contributed by atoms with Gasteiger partial charge in [-0.3, -0.25) is 20.4 Å². The van der Waals surface area contributed by atoms with Crippen LogP contribution in [0.15, 0.2) is 91.3 Å². The molecule has 2 heterocycles. The Kier molecular flexibility index (Phi) is 6.00. The molecule has 0 unspecified atom stereocenters. The standard InChI is InChI=1S/C27H23N5O3/c1-35-21-11-7-8-18(14-21)26-23(17-32(31-26)20-9-3-2-4-10-20)27(34)30-29-25(33)15-19-16-28-24-13-6-5-12-22(19)24/h2-14,16-17,28H,15H2,1H3,(H,29,33)(H,30,34). The van der Waals surface area contributed by atoms with E-state index in [1.54, 1.807) is 24.2 Å². The second kappa shape index (κ2) is 9.56. The smallest absolute Gasteiger partial charge is 0.273 e. The zero-order valence-electron chi connectivity index (χ0n) is 19.0. The molecule has 3 aromatic carbocycles. The third-order valence-corrected chi connectivity index (χ3v) is 5.66. The Hall–Kier alpha value is -4.85. The van der Waals surface area contributed by atoms with Crippen LogP contribution in [0.2, 0.25) is 0 Å². The lowest BCUT2D eigenvalue weighted by Gasteiger charge is -2.08. The second-order valence-corrected chi connectivity index (χ2v) is 7.94. The van der Waals surface area contributed by atoms with Crippen molar-refractivity contribution < 1.29 is 14.3 Å². The van der Waals surface area contributed by atoms with Crippen molar-refractivity contribution in [2.75, 3.05) is 7.11 Å². The number of hydrazine groups is 1. The molecule has 5 aromatic rings. The Balaban J connectivity index is 1.38. The lowest BCUT2D eigenvalue weighted by atomic mass is 10.1. The molecule has 0 bridgehead atoms. The molecule has 0 aliphatic heterocycles. The van der Waals surface area contributed by atoms with Gasteiger partial charge in [0.2, 0.25) is 5.91 Å². The van der Waals surface area contributed by atoms with Gasteiger partial charge in [-0.25, -0.2) is 4.68 Å². The molecule has 8 heteroatoms. The average Bonchev–Trinajstić information content (AvgIpc) is 3.53. The second-order valence-electron chi connectivity index (χ2n) is 7.94. The molecule has 2 amide bonds. The van der Waals surface area contributed by atoms with E-state index in [0.29, 0.717) is 22.6 Å². The number of amides is 2. The fraction of sp³-hybridized carbons (Fsp3) is 0.0741. The summed E-state index contributed by atoms with van der Waals surface area (Å²) in [5.41, 5.74) is 9.16. The van der Waals surface area contributed by atoms with Gasteiger partial charge in [-0.2, -0.15) is 5.10 Å². The molecule has 0 spiro atoms. The van der Waals surface area contributed by atoms with Crippen LogP contribution in [0.3, 0.4) is 0 Å². The van der Waals surface area contributed by atoms with Crippen LogP contribution >= 0.6 is 0 Å². The molecule has 0 saturated heterocycles. The third kappa shape index (κ3) is 4.63. The molecule has 0 aliphatic carbocycles. The number of carbonyl (C=O) groups is 2. The SMILES string of the molecule is COc1cccc(-c2nn(-c3ccccc3)cc2C(=O)NNC(=O)Cc2c[nH]c3ccccc23)c1. The molecule has 174 valence electrons. The summed E-state index contributed by atoms with van der Waals surface area (Å²) in [4.78, 5) is 28.9. The van der Waals surface area contributed by atoms with Crippen LogP contribution in [-0.4, -0.2) is 33.7 Å². The van der Waals surface area contributed by atoms with E-state index in [1.165, 1.54) is 0 Å². The number of H-pyrrole nitrogens is 1. The fourth-order valence-corrected chi connectivity index (χ4v) is 3.93.